The summed E-state index contributed by atoms with van der Waals surface area (Å²) in [4.78, 5) is 17.5. The molecule has 0 saturated carbocycles. The Hall–Kier alpha value is -2.20. The molecule has 0 aliphatic carbocycles. The van der Waals surface area contributed by atoms with Gasteiger partial charge in [-0.25, -0.2) is 0 Å². The van der Waals surface area contributed by atoms with Gasteiger partial charge in [0, 0.05) is 7.05 Å². The Morgan fingerprint density at radius 3 is 2.43 bits per heavy atom. The highest BCUT2D eigenvalue weighted by molar-refractivity contribution is 7.16. The highest BCUT2D eigenvalue weighted by atomic mass is 32.1. The minimum Gasteiger partial charge on any atom is -0.319 e. The molecule has 1 aromatic heterocycles. The molecule has 0 atom stereocenters. The first-order valence-corrected chi connectivity index (χ1v) is 8.46. The Morgan fingerprint density at radius 1 is 1.13 bits per heavy atom. The lowest BCUT2D eigenvalue weighted by atomic mass is 9.97. The monoisotopic (exact) mass is 324 g/mol. The standard InChI is InChI=1S/C19H20N2OS/c1-12-9-13(2)15(14(3)10-12)11-18(22)20-19-21(4)16-7-5-6-8-17(16)23-19/h5-10H,11H2,1-4H3. The molecule has 118 valence electrons. The third kappa shape index (κ3) is 3.13. The average molecular weight is 324 g/mol. The largest absolute Gasteiger partial charge is 0.319 e. The van der Waals surface area contributed by atoms with Gasteiger partial charge in [-0.05, 0) is 49.6 Å². The molecular formula is C19H20N2OS. The van der Waals surface area contributed by atoms with Crippen LogP contribution in [0.5, 0.6) is 0 Å². The molecule has 1 amide bonds. The summed E-state index contributed by atoms with van der Waals surface area (Å²) in [6, 6.07) is 12.3. The van der Waals surface area contributed by atoms with Crippen LogP contribution in [-0.4, -0.2) is 10.5 Å². The normalized spacial score (nSPS) is 12.1. The van der Waals surface area contributed by atoms with Gasteiger partial charge < -0.3 is 4.57 Å². The fourth-order valence-corrected chi connectivity index (χ4v) is 4.01. The van der Waals surface area contributed by atoms with Crippen LogP contribution in [0, 0.1) is 20.8 Å². The van der Waals surface area contributed by atoms with Gasteiger partial charge in [0.15, 0.2) is 4.80 Å². The number of aromatic nitrogens is 1. The van der Waals surface area contributed by atoms with E-state index < -0.39 is 0 Å². The summed E-state index contributed by atoms with van der Waals surface area (Å²) in [5, 5.41) is 0. The second-order valence-corrected chi connectivity index (χ2v) is 6.98. The lowest BCUT2D eigenvalue weighted by Gasteiger charge is -2.09. The van der Waals surface area contributed by atoms with Crippen LogP contribution >= 0.6 is 11.3 Å². The van der Waals surface area contributed by atoms with Crippen LogP contribution < -0.4 is 4.80 Å². The molecule has 0 aliphatic rings. The molecule has 0 saturated heterocycles. The summed E-state index contributed by atoms with van der Waals surface area (Å²) < 4.78 is 3.12. The van der Waals surface area contributed by atoms with Crippen molar-refractivity contribution in [2.45, 2.75) is 27.2 Å². The van der Waals surface area contributed by atoms with Crippen molar-refractivity contribution in [2.75, 3.05) is 0 Å². The van der Waals surface area contributed by atoms with Crippen molar-refractivity contribution in [1.82, 2.24) is 4.57 Å². The number of thiazole rings is 1. The van der Waals surface area contributed by atoms with Gasteiger partial charge in [0.1, 0.15) is 0 Å². The first kappa shape index (κ1) is 15.7. The van der Waals surface area contributed by atoms with Crippen LogP contribution in [0.15, 0.2) is 41.4 Å². The van der Waals surface area contributed by atoms with Crippen LogP contribution in [0.4, 0.5) is 0 Å². The van der Waals surface area contributed by atoms with Crippen LogP contribution in [-0.2, 0) is 18.3 Å². The van der Waals surface area contributed by atoms with Gasteiger partial charge in [0.05, 0.1) is 16.6 Å². The number of hydrogen-bond donors (Lipinski definition) is 0. The molecule has 3 nitrogen and oxygen atoms in total. The van der Waals surface area contributed by atoms with Crippen LogP contribution in [0.1, 0.15) is 22.3 Å². The highest BCUT2D eigenvalue weighted by Crippen LogP contribution is 2.18. The molecule has 0 spiro atoms. The Morgan fingerprint density at radius 2 is 1.78 bits per heavy atom. The third-order valence-corrected chi connectivity index (χ3v) is 5.22. The topological polar surface area (TPSA) is 34.4 Å². The molecule has 0 unspecified atom stereocenters. The Balaban J connectivity index is 1.96. The van der Waals surface area contributed by atoms with E-state index in [0.717, 1.165) is 31.7 Å². The smallest absolute Gasteiger partial charge is 0.252 e. The Labute approximate surface area is 139 Å². The SMILES string of the molecule is Cc1cc(C)c(CC(=O)N=c2sc3ccccc3n2C)c(C)c1. The van der Waals surface area contributed by atoms with Crippen molar-refractivity contribution in [3.8, 4) is 0 Å². The van der Waals surface area contributed by atoms with E-state index in [-0.39, 0.29) is 5.91 Å². The molecule has 0 fully saturated rings. The van der Waals surface area contributed by atoms with E-state index in [1.54, 1.807) is 11.3 Å². The van der Waals surface area contributed by atoms with E-state index >= 15 is 0 Å². The number of hydrogen-bond acceptors (Lipinski definition) is 2. The van der Waals surface area contributed by atoms with Crippen molar-refractivity contribution < 1.29 is 4.79 Å². The average Bonchev–Trinajstić information content (AvgIpc) is 2.80. The van der Waals surface area contributed by atoms with E-state index in [9.17, 15) is 4.79 Å². The second-order valence-electron chi connectivity index (χ2n) is 5.97. The molecule has 4 heteroatoms. The van der Waals surface area contributed by atoms with Crippen LogP contribution in [0.25, 0.3) is 10.2 Å². The van der Waals surface area contributed by atoms with Gasteiger partial charge in [-0.2, -0.15) is 4.99 Å². The fourth-order valence-electron chi connectivity index (χ4n) is 2.97. The third-order valence-electron chi connectivity index (χ3n) is 4.10. The van der Waals surface area contributed by atoms with Crippen molar-refractivity contribution in [3.05, 3.63) is 63.5 Å². The van der Waals surface area contributed by atoms with Gasteiger partial charge in [0.25, 0.3) is 5.91 Å². The maximum atomic E-state index is 12.4. The lowest BCUT2D eigenvalue weighted by Crippen LogP contribution is -2.14. The van der Waals surface area contributed by atoms with Gasteiger partial charge in [-0.3, -0.25) is 4.79 Å². The zero-order valence-corrected chi connectivity index (χ0v) is 14.7. The maximum Gasteiger partial charge on any atom is 0.252 e. The van der Waals surface area contributed by atoms with Gasteiger partial charge >= 0.3 is 0 Å². The number of amides is 1. The first-order valence-electron chi connectivity index (χ1n) is 7.64. The number of nitrogens with zero attached hydrogens (tertiary/aromatic N) is 2. The molecule has 0 aliphatic heterocycles. The first-order chi connectivity index (χ1) is 11.0. The molecule has 0 radical (unpaired) electrons. The number of para-hydroxylation sites is 1. The molecule has 1 heterocycles. The molecule has 3 aromatic rings. The predicted octanol–water partition coefficient (Wildman–Crippen LogP) is 3.84. The number of aryl methyl sites for hydroxylation is 4. The number of fused-ring (bicyclic) bond motifs is 1. The van der Waals surface area contributed by atoms with Crippen molar-refractivity contribution in [1.29, 1.82) is 0 Å². The van der Waals surface area contributed by atoms with Crippen molar-refractivity contribution >= 4 is 27.5 Å². The van der Waals surface area contributed by atoms with E-state index in [1.807, 2.05) is 29.8 Å². The lowest BCUT2D eigenvalue weighted by molar-refractivity contribution is -0.117. The van der Waals surface area contributed by atoms with Gasteiger partial charge in [-0.15, -0.1) is 0 Å². The quantitative estimate of drug-likeness (QED) is 0.705. The molecule has 3 rings (SSSR count). The van der Waals surface area contributed by atoms with E-state index in [4.69, 9.17) is 0 Å². The minimum absolute atomic E-state index is 0.0952. The fraction of sp³-hybridized carbons (Fsp3) is 0.263. The molecule has 23 heavy (non-hydrogen) atoms. The number of carbonyl (C=O) groups excluding carboxylic acids is 1. The Kier molecular flexibility index (Phi) is 4.18. The summed E-state index contributed by atoms with van der Waals surface area (Å²) in [6.45, 7) is 6.19. The zero-order valence-electron chi connectivity index (χ0n) is 13.9. The van der Waals surface area contributed by atoms with Crippen LogP contribution in [0.3, 0.4) is 0 Å². The highest BCUT2D eigenvalue weighted by Gasteiger charge is 2.10. The summed E-state index contributed by atoms with van der Waals surface area (Å²) in [5.74, 6) is -0.0952. The summed E-state index contributed by atoms with van der Waals surface area (Å²) in [6.07, 6.45) is 0.353. The maximum absolute atomic E-state index is 12.4. The van der Waals surface area contributed by atoms with Gasteiger partial charge in [0.2, 0.25) is 0 Å². The van der Waals surface area contributed by atoms with Crippen LogP contribution in [0.2, 0.25) is 0 Å². The second kappa shape index (κ2) is 6.13. The molecular weight excluding hydrogens is 304 g/mol. The van der Waals surface area contributed by atoms with Crippen molar-refractivity contribution in [3.63, 3.8) is 0 Å². The van der Waals surface area contributed by atoms with E-state index in [2.05, 4.69) is 44.0 Å². The van der Waals surface area contributed by atoms with E-state index in [1.165, 1.54) is 5.56 Å². The molecule has 0 N–H and O–H groups in total. The van der Waals surface area contributed by atoms with Crippen molar-refractivity contribution in [2.24, 2.45) is 12.0 Å². The molecule has 2 aromatic carbocycles. The number of rotatable bonds is 2. The summed E-state index contributed by atoms with van der Waals surface area (Å²) in [7, 11) is 1.95. The molecule has 0 bridgehead atoms. The summed E-state index contributed by atoms with van der Waals surface area (Å²) >= 11 is 1.55. The number of carbonyl (C=O) groups is 1. The van der Waals surface area contributed by atoms with Gasteiger partial charge in [-0.1, -0.05) is 41.2 Å². The predicted molar refractivity (Wildman–Crippen MR) is 95.7 cm³/mol. The van der Waals surface area contributed by atoms with E-state index in [0.29, 0.717) is 6.42 Å². The summed E-state index contributed by atoms with van der Waals surface area (Å²) in [5.41, 5.74) is 5.74. The number of benzene rings is 2. The minimum atomic E-state index is -0.0952. The Bertz CT molecular complexity index is 940. The zero-order chi connectivity index (χ0) is 16.6.